The Morgan fingerprint density at radius 3 is 2.81 bits per heavy atom. The van der Waals surface area contributed by atoms with Crippen LogP contribution < -0.4 is 0 Å². The van der Waals surface area contributed by atoms with Crippen molar-refractivity contribution in [3.05, 3.63) is 23.4 Å². The molecule has 0 unspecified atom stereocenters. The molecule has 5 nitrogen and oxygen atoms in total. The van der Waals surface area contributed by atoms with E-state index in [0.29, 0.717) is 17.8 Å². The fourth-order valence-electron chi connectivity index (χ4n) is 2.20. The van der Waals surface area contributed by atoms with E-state index in [2.05, 4.69) is 28.9 Å². The molecule has 0 spiro atoms. The van der Waals surface area contributed by atoms with Gasteiger partial charge in [0.05, 0.1) is 4.88 Å². The van der Waals surface area contributed by atoms with Gasteiger partial charge in [-0.2, -0.15) is 4.98 Å². The second-order valence-corrected chi connectivity index (χ2v) is 6.25. The van der Waals surface area contributed by atoms with E-state index in [0.717, 1.165) is 37.2 Å². The minimum absolute atomic E-state index is 0.247. The molecular formula is C15H23N3O2S. The van der Waals surface area contributed by atoms with E-state index in [-0.39, 0.29) is 6.61 Å². The first-order valence-electron chi connectivity index (χ1n) is 7.42. The summed E-state index contributed by atoms with van der Waals surface area (Å²) >= 11 is 1.61. The molecule has 0 saturated heterocycles. The van der Waals surface area contributed by atoms with E-state index < -0.39 is 0 Å². The molecule has 6 heteroatoms. The van der Waals surface area contributed by atoms with Crippen molar-refractivity contribution in [3.8, 4) is 10.7 Å². The summed E-state index contributed by atoms with van der Waals surface area (Å²) in [6, 6.07) is 4.47. The summed E-state index contributed by atoms with van der Waals surface area (Å²) in [5, 5.41) is 15.0. The van der Waals surface area contributed by atoms with Crippen molar-refractivity contribution in [2.24, 2.45) is 0 Å². The van der Waals surface area contributed by atoms with Crippen molar-refractivity contribution < 1.29 is 9.63 Å². The van der Waals surface area contributed by atoms with Crippen LogP contribution in [-0.4, -0.2) is 45.9 Å². The minimum Gasteiger partial charge on any atom is -0.396 e. The van der Waals surface area contributed by atoms with Crippen LogP contribution in [0.1, 0.15) is 32.6 Å². The summed E-state index contributed by atoms with van der Waals surface area (Å²) < 4.78 is 5.30. The highest BCUT2D eigenvalue weighted by molar-refractivity contribution is 7.13. The maximum absolute atomic E-state index is 8.93. The molecule has 2 aromatic rings. The van der Waals surface area contributed by atoms with Crippen LogP contribution in [0.3, 0.4) is 0 Å². The number of aliphatic hydroxyl groups is 1. The Kier molecular flexibility index (Phi) is 6.35. The molecule has 0 aliphatic carbocycles. The van der Waals surface area contributed by atoms with Crippen molar-refractivity contribution in [2.75, 3.05) is 19.7 Å². The molecule has 116 valence electrons. The molecule has 0 atom stereocenters. The van der Waals surface area contributed by atoms with Crippen LogP contribution in [0, 0.1) is 0 Å². The van der Waals surface area contributed by atoms with Gasteiger partial charge in [0.1, 0.15) is 0 Å². The SMILES string of the molecule is CC(C)N(CCCO)CCCc1nc(-c2cccs2)no1. The van der Waals surface area contributed by atoms with Crippen LogP contribution in [0.2, 0.25) is 0 Å². The van der Waals surface area contributed by atoms with Crippen LogP contribution in [0.15, 0.2) is 22.0 Å². The molecule has 2 aromatic heterocycles. The van der Waals surface area contributed by atoms with Gasteiger partial charge in [-0.15, -0.1) is 11.3 Å². The van der Waals surface area contributed by atoms with Gasteiger partial charge in [0.2, 0.25) is 11.7 Å². The third kappa shape index (κ3) is 4.91. The summed E-state index contributed by atoms with van der Waals surface area (Å²) in [5.41, 5.74) is 0. The van der Waals surface area contributed by atoms with Crippen LogP contribution in [-0.2, 0) is 6.42 Å². The summed E-state index contributed by atoms with van der Waals surface area (Å²) in [5.74, 6) is 1.38. The highest BCUT2D eigenvalue weighted by Gasteiger charge is 2.12. The Bertz CT molecular complexity index is 511. The van der Waals surface area contributed by atoms with E-state index in [9.17, 15) is 0 Å². The Balaban J connectivity index is 1.80. The van der Waals surface area contributed by atoms with E-state index in [1.807, 2.05) is 17.5 Å². The Labute approximate surface area is 129 Å². The average molecular weight is 309 g/mol. The van der Waals surface area contributed by atoms with Crippen molar-refractivity contribution in [3.63, 3.8) is 0 Å². The third-order valence-electron chi connectivity index (χ3n) is 3.38. The normalized spacial score (nSPS) is 11.7. The maximum Gasteiger partial charge on any atom is 0.227 e. The van der Waals surface area contributed by atoms with Gasteiger partial charge in [0.15, 0.2) is 0 Å². The molecule has 0 aliphatic heterocycles. The lowest BCUT2D eigenvalue weighted by atomic mass is 10.2. The number of hydrogen-bond donors (Lipinski definition) is 1. The molecular weight excluding hydrogens is 286 g/mol. The zero-order chi connectivity index (χ0) is 15.1. The van der Waals surface area contributed by atoms with Gasteiger partial charge in [0.25, 0.3) is 0 Å². The molecule has 0 amide bonds. The molecule has 2 heterocycles. The van der Waals surface area contributed by atoms with Gasteiger partial charge < -0.3 is 14.5 Å². The van der Waals surface area contributed by atoms with Gasteiger partial charge >= 0.3 is 0 Å². The minimum atomic E-state index is 0.247. The van der Waals surface area contributed by atoms with Gasteiger partial charge in [-0.1, -0.05) is 11.2 Å². The van der Waals surface area contributed by atoms with E-state index >= 15 is 0 Å². The zero-order valence-electron chi connectivity index (χ0n) is 12.7. The van der Waals surface area contributed by atoms with Gasteiger partial charge in [-0.3, -0.25) is 0 Å². The lowest BCUT2D eigenvalue weighted by molar-refractivity contribution is 0.188. The first-order chi connectivity index (χ1) is 10.2. The molecule has 1 N–H and O–H groups in total. The second kappa shape index (κ2) is 8.26. The number of nitrogens with zero attached hydrogens (tertiary/aromatic N) is 3. The van der Waals surface area contributed by atoms with Crippen LogP contribution in [0.5, 0.6) is 0 Å². The van der Waals surface area contributed by atoms with Crippen molar-refractivity contribution in [2.45, 2.75) is 39.2 Å². The van der Waals surface area contributed by atoms with Crippen LogP contribution >= 0.6 is 11.3 Å². The molecule has 0 radical (unpaired) electrons. The van der Waals surface area contributed by atoms with Crippen molar-refractivity contribution in [1.29, 1.82) is 0 Å². The van der Waals surface area contributed by atoms with E-state index in [4.69, 9.17) is 9.63 Å². The summed E-state index contributed by atoms with van der Waals surface area (Å²) in [7, 11) is 0. The molecule has 0 aromatic carbocycles. The molecule has 0 aliphatic rings. The highest BCUT2D eigenvalue weighted by atomic mass is 32.1. The lowest BCUT2D eigenvalue weighted by Crippen LogP contribution is -2.33. The van der Waals surface area contributed by atoms with Crippen molar-refractivity contribution in [1.82, 2.24) is 15.0 Å². The van der Waals surface area contributed by atoms with Crippen LogP contribution in [0.25, 0.3) is 10.7 Å². The standard InChI is InChI=1S/C15H23N3O2S/c1-12(2)18(9-5-10-19)8-3-7-14-16-15(17-20-14)13-6-4-11-21-13/h4,6,11-12,19H,3,5,7-10H2,1-2H3. The third-order valence-corrected chi connectivity index (χ3v) is 4.25. The first-order valence-corrected chi connectivity index (χ1v) is 8.30. The number of aromatic nitrogens is 2. The molecule has 0 saturated carbocycles. The molecule has 2 rings (SSSR count). The molecule has 0 bridgehead atoms. The fraction of sp³-hybridized carbons (Fsp3) is 0.600. The smallest absolute Gasteiger partial charge is 0.227 e. The Morgan fingerprint density at radius 2 is 2.14 bits per heavy atom. The highest BCUT2D eigenvalue weighted by Crippen LogP contribution is 2.21. The zero-order valence-corrected chi connectivity index (χ0v) is 13.5. The largest absolute Gasteiger partial charge is 0.396 e. The van der Waals surface area contributed by atoms with Gasteiger partial charge in [-0.05, 0) is 44.7 Å². The Hall–Kier alpha value is -1.24. The van der Waals surface area contributed by atoms with Crippen LogP contribution in [0.4, 0.5) is 0 Å². The van der Waals surface area contributed by atoms with Crippen molar-refractivity contribution >= 4 is 11.3 Å². The number of aliphatic hydroxyl groups excluding tert-OH is 1. The summed E-state index contributed by atoms with van der Waals surface area (Å²) in [4.78, 5) is 7.84. The second-order valence-electron chi connectivity index (χ2n) is 5.30. The quantitative estimate of drug-likeness (QED) is 0.771. The average Bonchev–Trinajstić information content (AvgIpc) is 3.12. The first kappa shape index (κ1) is 16.1. The monoisotopic (exact) mass is 309 g/mol. The topological polar surface area (TPSA) is 62.4 Å². The van der Waals surface area contributed by atoms with E-state index in [1.165, 1.54) is 0 Å². The predicted octanol–water partition coefficient (Wildman–Crippen LogP) is 2.82. The Morgan fingerprint density at radius 1 is 1.33 bits per heavy atom. The van der Waals surface area contributed by atoms with E-state index in [1.54, 1.807) is 11.3 Å². The maximum atomic E-state index is 8.93. The lowest BCUT2D eigenvalue weighted by Gasteiger charge is -2.25. The number of hydrogen-bond acceptors (Lipinski definition) is 6. The van der Waals surface area contributed by atoms with Gasteiger partial charge in [0, 0.05) is 25.6 Å². The number of thiophene rings is 1. The van der Waals surface area contributed by atoms with Gasteiger partial charge in [-0.25, -0.2) is 0 Å². The molecule has 21 heavy (non-hydrogen) atoms. The number of aryl methyl sites for hydroxylation is 1. The number of rotatable bonds is 9. The fourth-order valence-corrected chi connectivity index (χ4v) is 2.85. The summed E-state index contributed by atoms with van der Waals surface area (Å²) in [6.07, 6.45) is 2.59. The summed E-state index contributed by atoms with van der Waals surface area (Å²) in [6.45, 7) is 6.52. The predicted molar refractivity (Wildman–Crippen MR) is 84.3 cm³/mol. The molecule has 0 fully saturated rings.